The Bertz CT molecular complexity index is 1530. The fraction of sp³-hybridized carbons (Fsp3) is 0.130. The topological polar surface area (TPSA) is 88.5 Å². The summed E-state index contributed by atoms with van der Waals surface area (Å²) in [6.45, 7) is 1.88. The second kappa shape index (κ2) is 9.79. The number of halogens is 2. The summed E-state index contributed by atoms with van der Waals surface area (Å²) >= 11 is 13.5. The zero-order chi connectivity index (χ0) is 24.5. The first kappa shape index (κ1) is 24.3. The highest BCUT2D eigenvalue weighted by Gasteiger charge is 2.29. The van der Waals surface area contributed by atoms with Crippen molar-refractivity contribution >= 4 is 72.1 Å². The number of anilines is 2. The molecule has 7 nitrogen and oxygen atoms in total. The van der Waals surface area contributed by atoms with E-state index in [0.717, 1.165) is 25.9 Å². The van der Waals surface area contributed by atoms with Crippen LogP contribution >= 0.6 is 34.5 Å². The molecular formula is C23H19Cl2N3O4S2. The second-order valence-corrected chi connectivity index (χ2v) is 10.9. The largest absolute Gasteiger partial charge is 0.324 e. The van der Waals surface area contributed by atoms with E-state index in [9.17, 15) is 18.0 Å². The van der Waals surface area contributed by atoms with Crippen LogP contribution in [0, 0.1) is 0 Å². The van der Waals surface area contributed by atoms with Gasteiger partial charge in [0.05, 0.1) is 30.8 Å². The summed E-state index contributed by atoms with van der Waals surface area (Å²) in [5.74, 6) is -0.586. The zero-order valence-electron chi connectivity index (χ0n) is 17.9. The van der Waals surface area contributed by atoms with E-state index in [0.29, 0.717) is 12.2 Å². The van der Waals surface area contributed by atoms with Crippen molar-refractivity contribution in [1.29, 1.82) is 0 Å². The Balaban J connectivity index is 1.68. The monoisotopic (exact) mass is 535 g/mol. The maximum absolute atomic E-state index is 13.4. The zero-order valence-corrected chi connectivity index (χ0v) is 21.0. The molecule has 0 aliphatic carbocycles. The summed E-state index contributed by atoms with van der Waals surface area (Å²) in [5.41, 5.74) is 1.30. The minimum absolute atomic E-state index is 0.00550. The van der Waals surface area contributed by atoms with E-state index in [1.165, 1.54) is 24.3 Å². The number of nitrogens with one attached hydrogen (secondary N) is 1. The number of carbonyl (C=O) groups excluding carboxylic acids is 1. The van der Waals surface area contributed by atoms with Gasteiger partial charge in [0, 0.05) is 12.2 Å². The van der Waals surface area contributed by atoms with Gasteiger partial charge in [-0.1, -0.05) is 58.8 Å². The molecule has 0 aliphatic heterocycles. The summed E-state index contributed by atoms with van der Waals surface area (Å²) in [4.78, 5) is 25.0. The third-order valence-corrected chi connectivity index (χ3v) is 8.61. The number of rotatable bonds is 7. The minimum Gasteiger partial charge on any atom is -0.324 e. The molecule has 1 aromatic heterocycles. The van der Waals surface area contributed by atoms with Crippen LogP contribution in [0.4, 0.5) is 11.4 Å². The maximum atomic E-state index is 13.4. The van der Waals surface area contributed by atoms with Crippen molar-refractivity contribution in [2.75, 3.05) is 16.2 Å². The number of benzene rings is 3. The van der Waals surface area contributed by atoms with Crippen LogP contribution in [-0.2, 0) is 21.4 Å². The Labute approximate surface area is 210 Å². The van der Waals surface area contributed by atoms with Crippen molar-refractivity contribution in [3.05, 3.63) is 86.4 Å². The third-order valence-electron chi connectivity index (χ3n) is 5.09. The Kier molecular flexibility index (Phi) is 6.99. The number of sulfonamides is 1. The lowest BCUT2D eigenvalue weighted by Gasteiger charge is -2.25. The smallest absolute Gasteiger partial charge is 0.308 e. The molecule has 1 heterocycles. The number of nitrogens with zero attached hydrogens (tertiary/aromatic N) is 2. The van der Waals surface area contributed by atoms with Crippen LogP contribution in [0.1, 0.15) is 6.92 Å². The Morgan fingerprint density at radius 3 is 2.50 bits per heavy atom. The van der Waals surface area contributed by atoms with Crippen LogP contribution in [0.2, 0.25) is 10.0 Å². The van der Waals surface area contributed by atoms with Gasteiger partial charge in [-0.2, -0.15) is 0 Å². The summed E-state index contributed by atoms with van der Waals surface area (Å²) in [5, 5.41) is 2.89. The highest BCUT2D eigenvalue weighted by Crippen LogP contribution is 2.35. The fourth-order valence-corrected chi connectivity index (χ4v) is 6.37. The van der Waals surface area contributed by atoms with Gasteiger partial charge in [0.25, 0.3) is 10.0 Å². The standard InChI is InChI=1S/C23H19Cl2N3O4S2/c1-2-27-18-12-11-15(13-20(18)33-23(27)30)26-21(29)14-28(19-10-6-9-17(24)22(19)25)34(31,32)16-7-4-3-5-8-16/h3-13H,2,14H2,1H3,(H,26,29). The molecule has 0 radical (unpaired) electrons. The van der Waals surface area contributed by atoms with Gasteiger partial charge in [0.2, 0.25) is 5.91 Å². The predicted molar refractivity (Wildman–Crippen MR) is 138 cm³/mol. The van der Waals surface area contributed by atoms with Gasteiger partial charge < -0.3 is 5.32 Å². The maximum Gasteiger partial charge on any atom is 0.308 e. The molecule has 0 bridgehead atoms. The molecule has 4 rings (SSSR count). The van der Waals surface area contributed by atoms with Crippen molar-refractivity contribution in [3.63, 3.8) is 0 Å². The average molecular weight is 536 g/mol. The summed E-state index contributed by atoms with van der Waals surface area (Å²) in [6, 6.07) is 17.4. The van der Waals surface area contributed by atoms with E-state index in [-0.39, 0.29) is 25.5 Å². The molecule has 0 aliphatic rings. The molecule has 1 N–H and O–H groups in total. The van der Waals surface area contributed by atoms with Crippen molar-refractivity contribution in [1.82, 2.24) is 4.57 Å². The van der Waals surface area contributed by atoms with Crippen LogP contribution in [0.3, 0.4) is 0 Å². The van der Waals surface area contributed by atoms with Gasteiger partial charge in [0.15, 0.2) is 0 Å². The summed E-state index contributed by atoms with van der Waals surface area (Å²) in [6.07, 6.45) is 0. The quantitative estimate of drug-likeness (QED) is 0.351. The number of carbonyl (C=O) groups is 1. The van der Waals surface area contributed by atoms with Crippen LogP contribution in [0.15, 0.2) is 76.4 Å². The van der Waals surface area contributed by atoms with Crippen molar-refractivity contribution in [2.45, 2.75) is 18.4 Å². The highest BCUT2D eigenvalue weighted by atomic mass is 35.5. The number of aromatic nitrogens is 1. The van der Waals surface area contributed by atoms with E-state index in [4.69, 9.17) is 23.2 Å². The Morgan fingerprint density at radius 2 is 1.79 bits per heavy atom. The molecule has 11 heteroatoms. The molecule has 176 valence electrons. The second-order valence-electron chi connectivity index (χ2n) is 7.24. The predicted octanol–water partition coefficient (Wildman–Crippen LogP) is 5.22. The molecular weight excluding hydrogens is 517 g/mol. The number of hydrogen-bond donors (Lipinski definition) is 1. The van der Waals surface area contributed by atoms with E-state index in [1.54, 1.807) is 47.0 Å². The molecule has 0 unspecified atom stereocenters. The normalized spacial score (nSPS) is 11.5. The van der Waals surface area contributed by atoms with E-state index >= 15 is 0 Å². The van der Waals surface area contributed by atoms with E-state index < -0.39 is 22.5 Å². The summed E-state index contributed by atoms with van der Waals surface area (Å²) in [7, 11) is -4.13. The molecule has 0 saturated carbocycles. The first-order chi connectivity index (χ1) is 16.2. The Morgan fingerprint density at radius 1 is 1.06 bits per heavy atom. The number of aryl methyl sites for hydroxylation is 1. The molecule has 34 heavy (non-hydrogen) atoms. The first-order valence-corrected chi connectivity index (χ1v) is 13.2. The van der Waals surface area contributed by atoms with Crippen LogP contribution < -0.4 is 14.5 Å². The summed E-state index contributed by atoms with van der Waals surface area (Å²) < 4.78 is 30.2. The minimum atomic E-state index is -4.13. The van der Waals surface area contributed by atoms with Crippen LogP contribution in [0.5, 0.6) is 0 Å². The number of amides is 1. The van der Waals surface area contributed by atoms with E-state index in [2.05, 4.69) is 5.32 Å². The Hall–Kier alpha value is -2.85. The average Bonchev–Trinajstić information content (AvgIpc) is 3.14. The molecule has 0 saturated heterocycles. The van der Waals surface area contributed by atoms with Crippen molar-refractivity contribution in [2.24, 2.45) is 0 Å². The number of fused-ring (bicyclic) bond motifs is 1. The van der Waals surface area contributed by atoms with E-state index in [1.807, 2.05) is 6.92 Å². The first-order valence-electron chi connectivity index (χ1n) is 10.2. The molecule has 3 aromatic carbocycles. The molecule has 0 fully saturated rings. The van der Waals surface area contributed by atoms with Gasteiger partial charge in [-0.25, -0.2) is 8.42 Å². The van der Waals surface area contributed by atoms with Gasteiger partial charge in [-0.3, -0.25) is 18.5 Å². The number of hydrogen-bond acceptors (Lipinski definition) is 5. The van der Waals surface area contributed by atoms with Gasteiger partial charge in [0.1, 0.15) is 6.54 Å². The van der Waals surface area contributed by atoms with Crippen molar-refractivity contribution in [3.8, 4) is 0 Å². The lowest BCUT2D eigenvalue weighted by molar-refractivity contribution is -0.114. The van der Waals surface area contributed by atoms with Crippen LogP contribution in [0.25, 0.3) is 10.2 Å². The van der Waals surface area contributed by atoms with Crippen molar-refractivity contribution < 1.29 is 13.2 Å². The lowest BCUT2D eigenvalue weighted by Crippen LogP contribution is -2.38. The fourth-order valence-electron chi connectivity index (χ4n) is 3.48. The lowest BCUT2D eigenvalue weighted by atomic mass is 10.3. The highest BCUT2D eigenvalue weighted by molar-refractivity contribution is 7.92. The molecule has 0 atom stereocenters. The number of thiazole rings is 1. The molecule has 1 amide bonds. The van der Waals surface area contributed by atoms with Crippen LogP contribution in [-0.4, -0.2) is 25.4 Å². The molecule has 0 spiro atoms. The molecule has 4 aromatic rings. The van der Waals surface area contributed by atoms with Gasteiger partial charge >= 0.3 is 4.87 Å². The van der Waals surface area contributed by atoms with Gasteiger partial charge in [-0.15, -0.1) is 0 Å². The van der Waals surface area contributed by atoms with Gasteiger partial charge in [-0.05, 0) is 49.4 Å². The third kappa shape index (κ3) is 4.69. The SMILES string of the molecule is CCn1c(=O)sc2cc(NC(=O)CN(c3cccc(Cl)c3Cl)S(=O)(=O)c3ccccc3)ccc21.